The molecular weight excluding hydrogens is 170 g/mol. The molecule has 0 unspecified atom stereocenters. The molecule has 0 aromatic rings. The monoisotopic (exact) mass is 187 g/mol. The van der Waals surface area contributed by atoms with Crippen LogP contribution >= 0.6 is 12.2 Å². The maximum absolute atomic E-state index is 5.31. The number of nitrogens with zero attached hydrogens (tertiary/aromatic N) is 1. The van der Waals surface area contributed by atoms with Gasteiger partial charge in [0.15, 0.2) is 5.11 Å². The normalized spacial score (nSPS) is 19.0. The van der Waals surface area contributed by atoms with Crippen LogP contribution in [0.1, 0.15) is 19.3 Å². The first kappa shape index (κ1) is 9.74. The molecule has 1 aliphatic heterocycles. The summed E-state index contributed by atoms with van der Waals surface area (Å²) < 4.78 is 0. The molecule has 1 aliphatic rings. The van der Waals surface area contributed by atoms with Crippen molar-refractivity contribution in [2.45, 2.75) is 19.3 Å². The third kappa shape index (κ3) is 3.88. The predicted molar refractivity (Wildman–Crippen MR) is 55.1 cm³/mol. The smallest absolute Gasteiger partial charge is 0.163 e. The molecule has 0 bridgehead atoms. The van der Waals surface area contributed by atoms with E-state index in [9.17, 15) is 0 Å². The molecule has 1 rings (SSSR count). The van der Waals surface area contributed by atoms with E-state index < -0.39 is 0 Å². The lowest BCUT2D eigenvalue weighted by atomic mass is 10.1. The molecule has 70 valence electrons. The Hall–Kier alpha value is -0.350. The van der Waals surface area contributed by atoms with Crippen LogP contribution in [0.5, 0.6) is 0 Å². The first-order chi connectivity index (χ1) is 5.79. The average Bonchev–Trinajstić information content (AvgIpc) is 2.05. The summed E-state index contributed by atoms with van der Waals surface area (Å²) in [4.78, 5) is 2.45. The van der Waals surface area contributed by atoms with Crippen molar-refractivity contribution in [3.05, 3.63) is 0 Å². The van der Waals surface area contributed by atoms with Crippen LogP contribution in [0.4, 0.5) is 0 Å². The van der Waals surface area contributed by atoms with Crippen molar-refractivity contribution in [2.24, 2.45) is 5.73 Å². The summed E-state index contributed by atoms with van der Waals surface area (Å²) in [5.74, 6) is 0. The fourth-order valence-corrected chi connectivity index (χ4v) is 1.62. The Morgan fingerprint density at radius 2 is 2.00 bits per heavy atom. The van der Waals surface area contributed by atoms with Crippen molar-refractivity contribution in [1.82, 2.24) is 10.2 Å². The van der Waals surface area contributed by atoms with Gasteiger partial charge in [0.05, 0.1) is 0 Å². The summed E-state index contributed by atoms with van der Waals surface area (Å²) in [5, 5.41) is 3.37. The quantitative estimate of drug-likeness (QED) is 0.624. The van der Waals surface area contributed by atoms with Gasteiger partial charge in [-0.2, -0.15) is 0 Å². The molecule has 1 saturated heterocycles. The maximum atomic E-state index is 5.31. The molecule has 1 heterocycles. The van der Waals surface area contributed by atoms with Crippen LogP contribution in [0.3, 0.4) is 0 Å². The Bertz CT molecular complexity index is 143. The number of likely N-dealkylation sites (tertiary alicyclic amines) is 1. The third-order valence-electron chi connectivity index (χ3n) is 2.18. The molecule has 0 aromatic carbocycles. The van der Waals surface area contributed by atoms with E-state index in [4.69, 9.17) is 18.0 Å². The second kappa shape index (κ2) is 5.32. The van der Waals surface area contributed by atoms with Crippen LogP contribution in [-0.2, 0) is 0 Å². The van der Waals surface area contributed by atoms with Crippen LogP contribution in [-0.4, -0.2) is 36.2 Å². The van der Waals surface area contributed by atoms with Crippen molar-refractivity contribution in [2.75, 3.05) is 26.2 Å². The van der Waals surface area contributed by atoms with Crippen molar-refractivity contribution in [3.8, 4) is 0 Å². The molecule has 0 amide bonds. The van der Waals surface area contributed by atoms with E-state index in [1.165, 1.54) is 32.4 Å². The summed E-state index contributed by atoms with van der Waals surface area (Å²) in [5.41, 5.74) is 5.31. The fourth-order valence-electron chi connectivity index (χ4n) is 1.52. The zero-order chi connectivity index (χ0) is 8.81. The zero-order valence-electron chi connectivity index (χ0n) is 7.38. The lowest BCUT2D eigenvalue weighted by molar-refractivity contribution is 0.232. The summed E-state index contributed by atoms with van der Waals surface area (Å²) in [6, 6.07) is 0. The number of nitrogens with two attached hydrogens (primary N) is 1. The van der Waals surface area contributed by atoms with E-state index in [2.05, 4.69) is 10.2 Å². The van der Waals surface area contributed by atoms with Crippen molar-refractivity contribution in [3.63, 3.8) is 0 Å². The van der Waals surface area contributed by atoms with Crippen LogP contribution < -0.4 is 11.1 Å². The topological polar surface area (TPSA) is 41.3 Å². The minimum absolute atomic E-state index is 0.409. The van der Waals surface area contributed by atoms with Gasteiger partial charge in [0, 0.05) is 13.1 Å². The van der Waals surface area contributed by atoms with Crippen molar-refractivity contribution >= 4 is 17.3 Å². The van der Waals surface area contributed by atoms with Gasteiger partial charge in [0.2, 0.25) is 0 Å². The van der Waals surface area contributed by atoms with Gasteiger partial charge in [0.25, 0.3) is 0 Å². The minimum Gasteiger partial charge on any atom is -0.376 e. The highest BCUT2D eigenvalue weighted by Gasteiger charge is 2.08. The third-order valence-corrected chi connectivity index (χ3v) is 2.32. The Morgan fingerprint density at radius 1 is 1.33 bits per heavy atom. The van der Waals surface area contributed by atoms with Crippen molar-refractivity contribution in [1.29, 1.82) is 0 Å². The molecule has 3 N–H and O–H groups in total. The fraction of sp³-hybridized carbons (Fsp3) is 0.875. The van der Waals surface area contributed by atoms with E-state index in [0.717, 1.165) is 13.1 Å². The second-order valence-corrected chi connectivity index (χ2v) is 3.63. The van der Waals surface area contributed by atoms with Gasteiger partial charge in [-0.3, -0.25) is 0 Å². The Labute approximate surface area is 79.3 Å². The summed E-state index contributed by atoms with van der Waals surface area (Å²) in [7, 11) is 0. The highest BCUT2D eigenvalue weighted by molar-refractivity contribution is 7.80. The number of nitrogens with one attached hydrogen (secondary N) is 1. The SMILES string of the molecule is NC(=S)NCCN1CCCCC1. The molecule has 1 fully saturated rings. The van der Waals surface area contributed by atoms with Crippen LogP contribution in [0.15, 0.2) is 0 Å². The first-order valence-corrected chi connectivity index (χ1v) is 4.95. The van der Waals surface area contributed by atoms with E-state index in [1.807, 2.05) is 0 Å². The standard InChI is InChI=1S/C8H17N3S/c9-8(12)10-4-7-11-5-2-1-3-6-11/h1-7H2,(H3,9,10,12). The Morgan fingerprint density at radius 3 is 2.58 bits per heavy atom. The van der Waals surface area contributed by atoms with Gasteiger partial charge in [0.1, 0.15) is 0 Å². The highest BCUT2D eigenvalue weighted by Crippen LogP contribution is 2.06. The van der Waals surface area contributed by atoms with Crippen LogP contribution in [0.2, 0.25) is 0 Å². The van der Waals surface area contributed by atoms with Crippen molar-refractivity contribution < 1.29 is 0 Å². The van der Waals surface area contributed by atoms with Gasteiger partial charge in [-0.1, -0.05) is 6.42 Å². The van der Waals surface area contributed by atoms with E-state index in [1.54, 1.807) is 0 Å². The number of piperidine rings is 1. The number of hydrogen-bond acceptors (Lipinski definition) is 2. The van der Waals surface area contributed by atoms with Crippen LogP contribution in [0, 0.1) is 0 Å². The first-order valence-electron chi connectivity index (χ1n) is 4.55. The summed E-state index contributed by atoms with van der Waals surface area (Å²) >= 11 is 4.71. The lowest BCUT2D eigenvalue weighted by Gasteiger charge is -2.26. The molecule has 0 saturated carbocycles. The number of rotatable bonds is 3. The highest BCUT2D eigenvalue weighted by atomic mass is 32.1. The molecular formula is C8H17N3S. The molecule has 0 radical (unpaired) electrons. The molecule has 3 nitrogen and oxygen atoms in total. The largest absolute Gasteiger partial charge is 0.376 e. The second-order valence-electron chi connectivity index (χ2n) is 3.19. The van der Waals surface area contributed by atoms with E-state index in [-0.39, 0.29) is 0 Å². The summed E-state index contributed by atoms with van der Waals surface area (Å²) in [6.45, 7) is 4.42. The molecule has 0 aromatic heterocycles. The molecule has 4 heteroatoms. The minimum atomic E-state index is 0.409. The Kier molecular flexibility index (Phi) is 4.32. The lowest BCUT2D eigenvalue weighted by Crippen LogP contribution is -2.39. The van der Waals surface area contributed by atoms with Gasteiger partial charge >= 0.3 is 0 Å². The van der Waals surface area contributed by atoms with Gasteiger partial charge in [-0.25, -0.2) is 0 Å². The summed E-state index contributed by atoms with van der Waals surface area (Å²) in [6.07, 6.45) is 4.07. The van der Waals surface area contributed by atoms with E-state index >= 15 is 0 Å². The molecule has 0 spiro atoms. The molecule has 0 aliphatic carbocycles. The number of hydrogen-bond donors (Lipinski definition) is 2. The van der Waals surface area contributed by atoms with E-state index in [0.29, 0.717) is 5.11 Å². The molecule has 12 heavy (non-hydrogen) atoms. The maximum Gasteiger partial charge on any atom is 0.163 e. The zero-order valence-corrected chi connectivity index (χ0v) is 8.20. The average molecular weight is 187 g/mol. The molecule has 0 atom stereocenters. The van der Waals surface area contributed by atoms with Crippen LogP contribution in [0.25, 0.3) is 0 Å². The number of thiocarbonyl (C=S) groups is 1. The van der Waals surface area contributed by atoms with Gasteiger partial charge in [-0.15, -0.1) is 0 Å². The van der Waals surface area contributed by atoms with Gasteiger partial charge in [-0.05, 0) is 38.1 Å². The van der Waals surface area contributed by atoms with Gasteiger partial charge < -0.3 is 16.0 Å². The Balaban J connectivity index is 2.01. The predicted octanol–water partition coefficient (Wildman–Crippen LogP) is 0.305.